The third-order valence-electron chi connectivity index (χ3n) is 5.88. The number of aliphatic imine (C=N–C) groups is 1. The van der Waals surface area contributed by atoms with E-state index in [0.717, 1.165) is 24.5 Å². The maximum absolute atomic E-state index is 5.04. The molecule has 3 rings (SSSR count). The molecule has 1 heterocycles. The molecule has 158 valence electrons. The maximum Gasteiger partial charge on any atom is 0.0807 e. The molecule has 29 heavy (non-hydrogen) atoms. The van der Waals surface area contributed by atoms with Crippen molar-refractivity contribution in [2.45, 2.75) is 71.2 Å². The molecule has 1 aliphatic carbocycles. The van der Waals surface area contributed by atoms with Crippen LogP contribution in [0.25, 0.3) is 0 Å². The third-order valence-corrected chi connectivity index (χ3v) is 6.97. The summed E-state index contributed by atoms with van der Waals surface area (Å²) in [5, 5.41) is 0. The second-order valence-corrected chi connectivity index (χ2v) is 9.09. The van der Waals surface area contributed by atoms with Crippen LogP contribution >= 0.6 is 11.8 Å². The molecule has 0 bridgehead atoms. The Morgan fingerprint density at radius 1 is 1.00 bits per heavy atom. The van der Waals surface area contributed by atoms with Gasteiger partial charge in [0.1, 0.15) is 0 Å². The highest BCUT2D eigenvalue weighted by molar-refractivity contribution is 8.04. The zero-order chi connectivity index (χ0) is 20.8. The van der Waals surface area contributed by atoms with Gasteiger partial charge in [-0.05, 0) is 76.6 Å². The van der Waals surface area contributed by atoms with Crippen molar-refractivity contribution in [3.8, 4) is 0 Å². The summed E-state index contributed by atoms with van der Waals surface area (Å²) in [6.45, 7) is 15.6. The first kappa shape index (κ1) is 22.2. The van der Waals surface area contributed by atoms with E-state index in [-0.39, 0.29) is 0 Å². The van der Waals surface area contributed by atoms with Crippen molar-refractivity contribution >= 4 is 28.8 Å². The van der Waals surface area contributed by atoms with Crippen molar-refractivity contribution in [2.75, 3.05) is 31.1 Å². The summed E-state index contributed by atoms with van der Waals surface area (Å²) < 4.78 is 0. The van der Waals surface area contributed by atoms with E-state index >= 15 is 0 Å². The minimum atomic E-state index is 0.392. The molecule has 1 atom stereocenters. The van der Waals surface area contributed by atoms with Crippen LogP contribution < -0.4 is 4.90 Å². The average molecular weight is 412 g/mol. The first-order valence-corrected chi connectivity index (χ1v) is 12.2. The largest absolute Gasteiger partial charge is 0.372 e. The number of allylic oxidation sites excluding steroid dienone is 2. The van der Waals surface area contributed by atoms with E-state index in [2.05, 4.69) is 74.8 Å². The number of unbranched alkanes of at least 4 members (excludes halogenated alkanes) is 2. The number of nitrogens with zero attached hydrogens (tertiary/aromatic N) is 3. The van der Waals surface area contributed by atoms with Gasteiger partial charge in [-0.25, -0.2) is 4.99 Å². The van der Waals surface area contributed by atoms with Crippen LogP contribution in [0.4, 0.5) is 11.4 Å². The molecule has 1 unspecified atom stereocenters. The lowest BCUT2D eigenvalue weighted by Crippen LogP contribution is -2.36. The van der Waals surface area contributed by atoms with Crippen LogP contribution in [0, 0.1) is 6.92 Å². The number of rotatable bonds is 10. The second-order valence-electron chi connectivity index (χ2n) is 8.00. The summed E-state index contributed by atoms with van der Waals surface area (Å²) in [6, 6.07) is 5.01. The summed E-state index contributed by atoms with van der Waals surface area (Å²) in [7, 11) is 0. The predicted octanol–water partition coefficient (Wildman–Crippen LogP) is 6.74. The molecule has 2 aliphatic rings. The Bertz CT molecular complexity index is 782. The highest BCUT2D eigenvalue weighted by atomic mass is 32.2. The summed E-state index contributed by atoms with van der Waals surface area (Å²) >= 11 is 1.90. The van der Waals surface area contributed by atoms with Crippen LogP contribution in [0.3, 0.4) is 0 Å². The van der Waals surface area contributed by atoms with Crippen molar-refractivity contribution in [1.82, 2.24) is 4.90 Å². The van der Waals surface area contributed by atoms with Gasteiger partial charge in [-0.15, -0.1) is 0 Å². The number of benzene rings is 1. The van der Waals surface area contributed by atoms with Crippen LogP contribution in [-0.2, 0) is 0 Å². The quantitative estimate of drug-likeness (QED) is 0.424. The Labute approximate surface area is 182 Å². The van der Waals surface area contributed by atoms with E-state index < -0.39 is 0 Å². The molecule has 0 aromatic heterocycles. The molecule has 1 aromatic rings. The van der Waals surface area contributed by atoms with Gasteiger partial charge in [0.15, 0.2) is 0 Å². The zero-order valence-electron chi connectivity index (χ0n) is 18.9. The Balaban J connectivity index is 1.87. The Morgan fingerprint density at radius 3 is 2.31 bits per heavy atom. The number of hydrogen-bond acceptors (Lipinski definition) is 4. The van der Waals surface area contributed by atoms with Crippen molar-refractivity contribution in [3.63, 3.8) is 0 Å². The second kappa shape index (κ2) is 10.5. The Hall–Kier alpha value is -1.52. The summed E-state index contributed by atoms with van der Waals surface area (Å²) in [5.41, 5.74) is 4.86. The van der Waals surface area contributed by atoms with E-state index in [1.54, 1.807) is 0 Å². The maximum atomic E-state index is 5.04. The van der Waals surface area contributed by atoms with Gasteiger partial charge in [0.25, 0.3) is 0 Å². The third kappa shape index (κ3) is 5.16. The highest BCUT2D eigenvalue weighted by Gasteiger charge is 2.25. The van der Waals surface area contributed by atoms with E-state index in [1.807, 2.05) is 11.8 Å². The minimum Gasteiger partial charge on any atom is -0.372 e. The van der Waals surface area contributed by atoms with Crippen LogP contribution in [0.5, 0.6) is 0 Å². The van der Waals surface area contributed by atoms with Gasteiger partial charge in [0.2, 0.25) is 0 Å². The molecule has 0 amide bonds. The fourth-order valence-corrected chi connectivity index (χ4v) is 5.21. The molecule has 0 fully saturated rings. The number of thioether (sulfide) groups is 1. The fraction of sp³-hybridized carbons (Fsp3) is 0.560. The van der Waals surface area contributed by atoms with Crippen LogP contribution in [-0.4, -0.2) is 42.8 Å². The van der Waals surface area contributed by atoms with Crippen molar-refractivity contribution in [2.24, 2.45) is 4.99 Å². The summed E-state index contributed by atoms with van der Waals surface area (Å²) in [4.78, 5) is 12.7. The van der Waals surface area contributed by atoms with Crippen LogP contribution in [0.2, 0.25) is 0 Å². The molecule has 0 N–H and O–H groups in total. The van der Waals surface area contributed by atoms with Crippen LogP contribution in [0.15, 0.2) is 45.2 Å². The van der Waals surface area contributed by atoms with Gasteiger partial charge >= 0.3 is 0 Å². The lowest BCUT2D eigenvalue weighted by Gasteiger charge is -2.31. The first-order chi connectivity index (χ1) is 14.1. The lowest BCUT2D eigenvalue weighted by molar-refractivity contribution is 0.250. The predicted molar refractivity (Wildman–Crippen MR) is 130 cm³/mol. The normalized spacial score (nSPS) is 17.7. The van der Waals surface area contributed by atoms with Crippen molar-refractivity contribution < 1.29 is 0 Å². The summed E-state index contributed by atoms with van der Waals surface area (Å²) in [6.07, 6.45) is 12.1. The smallest absolute Gasteiger partial charge is 0.0807 e. The van der Waals surface area contributed by atoms with Gasteiger partial charge in [-0.2, -0.15) is 0 Å². The van der Waals surface area contributed by atoms with Gasteiger partial charge in [0.05, 0.1) is 11.4 Å². The van der Waals surface area contributed by atoms with Gasteiger partial charge < -0.3 is 4.90 Å². The lowest BCUT2D eigenvalue weighted by atomic mass is 10.1. The molecule has 0 saturated heterocycles. The number of hydrogen-bond donors (Lipinski definition) is 0. The monoisotopic (exact) mass is 411 g/mol. The standard InChI is InChI=1S/C25H37N3S/c1-6-10-14-28(15-11-7-2)20-12-13-22-23(17-20)29-24-18-21(27(8-3)9-4)16-19(5)25(24)26-22/h12-13,16-18,20H,6-11,14-15H2,1-5H3. The Morgan fingerprint density at radius 2 is 1.69 bits per heavy atom. The molecule has 3 nitrogen and oxygen atoms in total. The zero-order valence-corrected chi connectivity index (χ0v) is 19.7. The molecule has 0 spiro atoms. The minimum absolute atomic E-state index is 0.392. The molecule has 4 heteroatoms. The highest BCUT2D eigenvalue weighted by Crippen LogP contribution is 2.45. The van der Waals surface area contributed by atoms with Gasteiger partial charge in [0, 0.05) is 34.6 Å². The van der Waals surface area contributed by atoms with Gasteiger partial charge in [-0.3, -0.25) is 4.90 Å². The fourth-order valence-electron chi connectivity index (χ4n) is 4.07. The van der Waals surface area contributed by atoms with E-state index in [4.69, 9.17) is 4.99 Å². The number of fused-ring (bicyclic) bond motifs is 2. The molecule has 0 radical (unpaired) electrons. The molecular formula is C25H37N3S. The topological polar surface area (TPSA) is 18.8 Å². The molecule has 1 aromatic carbocycles. The van der Waals surface area contributed by atoms with E-state index in [1.165, 1.54) is 59.8 Å². The SMILES string of the molecule is CCCCN(CCCC)C1C=CC2=Nc3c(C)cc(N(CC)CC)cc3SC2=C1. The van der Waals surface area contributed by atoms with E-state index in [9.17, 15) is 0 Å². The molecular weight excluding hydrogens is 374 g/mol. The van der Waals surface area contributed by atoms with E-state index in [0.29, 0.717) is 6.04 Å². The van der Waals surface area contributed by atoms with Crippen molar-refractivity contribution in [3.05, 3.63) is 40.8 Å². The van der Waals surface area contributed by atoms with Gasteiger partial charge in [-0.1, -0.05) is 44.5 Å². The van der Waals surface area contributed by atoms with Crippen LogP contribution in [0.1, 0.15) is 58.9 Å². The average Bonchev–Trinajstić information content (AvgIpc) is 2.73. The Kier molecular flexibility index (Phi) is 8.02. The number of aryl methyl sites for hydroxylation is 1. The molecule has 1 aliphatic heterocycles. The summed E-state index contributed by atoms with van der Waals surface area (Å²) in [5.74, 6) is 0. The first-order valence-electron chi connectivity index (χ1n) is 11.4. The van der Waals surface area contributed by atoms with Crippen molar-refractivity contribution in [1.29, 1.82) is 0 Å². The number of anilines is 1. The molecule has 0 saturated carbocycles.